The van der Waals surface area contributed by atoms with E-state index in [0.717, 1.165) is 45.2 Å². The summed E-state index contributed by atoms with van der Waals surface area (Å²) in [4.78, 5) is 13.1. The molecule has 1 N–H and O–H groups in total. The summed E-state index contributed by atoms with van der Waals surface area (Å²) in [5.41, 5.74) is 0. The average molecular weight is 292 g/mol. The third-order valence-corrected chi connectivity index (χ3v) is 3.14. The van der Waals surface area contributed by atoms with Crippen molar-refractivity contribution < 1.29 is 0 Å². The molecule has 102 valence electrons. The lowest BCUT2D eigenvalue weighted by Crippen LogP contribution is -2.48. The third-order valence-electron chi connectivity index (χ3n) is 2.94. The van der Waals surface area contributed by atoms with Gasteiger partial charge in [-0.05, 0) is 7.05 Å². The van der Waals surface area contributed by atoms with Gasteiger partial charge in [-0.25, -0.2) is 9.97 Å². The van der Waals surface area contributed by atoms with Crippen molar-refractivity contribution in [1.29, 1.82) is 0 Å². The second-order valence-electron chi connectivity index (χ2n) is 4.13. The number of aromatic nitrogens is 2. The molecule has 0 atom stereocenters. The number of nitrogens with zero attached hydrogens (tertiary/aromatic N) is 4. The van der Waals surface area contributed by atoms with E-state index in [1.54, 1.807) is 12.4 Å². The van der Waals surface area contributed by atoms with Gasteiger partial charge in [0.2, 0.25) is 5.95 Å². The maximum Gasteiger partial charge on any atom is 0.225 e. The quantitative estimate of drug-likeness (QED) is 0.893. The van der Waals surface area contributed by atoms with Gasteiger partial charge >= 0.3 is 0 Å². The van der Waals surface area contributed by atoms with Crippen LogP contribution in [0.4, 0.5) is 5.95 Å². The van der Waals surface area contributed by atoms with E-state index in [-0.39, 0.29) is 12.4 Å². The average Bonchev–Trinajstić information content (AvgIpc) is 2.38. The van der Waals surface area contributed by atoms with Crippen molar-refractivity contribution in [2.24, 2.45) is 0 Å². The van der Waals surface area contributed by atoms with Gasteiger partial charge in [0.25, 0.3) is 0 Å². The van der Waals surface area contributed by atoms with Crippen molar-refractivity contribution in [1.82, 2.24) is 20.2 Å². The first kappa shape index (κ1) is 15.4. The summed E-state index contributed by atoms with van der Waals surface area (Å²) in [5, 5.41) is 3.75. The minimum absolute atomic E-state index is 0. The zero-order chi connectivity index (χ0) is 12.1. The zero-order valence-electron chi connectivity index (χ0n) is 10.5. The van der Waals surface area contributed by atoms with Gasteiger partial charge in [0, 0.05) is 39.3 Å². The Labute approximate surface area is 119 Å². The molecule has 2 rings (SSSR count). The SMILES string of the molecule is CNCCN1CCN(c2ncc(Cl)cn2)CC1.Cl. The maximum absolute atomic E-state index is 5.77. The Morgan fingerprint density at radius 1 is 1.22 bits per heavy atom. The molecule has 0 aromatic carbocycles. The lowest BCUT2D eigenvalue weighted by molar-refractivity contribution is 0.258. The van der Waals surface area contributed by atoms with Crippen molar-refractivity contribution in [3.63, 3.8) is 0 Å². The Morgan fingerprint density at radius 3 is 2.39 bits per heavy atom. The Kier molecular flexibility index (Phi) is 6.63. The van der Waals surface area contributed by atoms with E-state index < -0.39 is 0 Å². The fourth-order valence-electron chi connectivity index (χ4n) is 1.91. The van der Waals surface area contributed by atoms with E-state index >= 15 is 0 Å². The molecule has 0 bridgehead atoms. The molecule has 2 heterocycles. The molecule has 1 aromatic rings. The van der Waals surface area contributed by atoms with Crippen LogP contribution in [0.15, 0.2) is 12.4 Å². The highest BCUT2D eigenvalue weighted by molar-refractivity contribution is 6.30. The number of hydrogen-bond acceptors (Lipinski definition) is 5. The van der Waals surface area contributed by atoms with Gasteiger partial charge in [0.05, 0.1) is 17.4 Å². The normalized spacial score (nSPS) is 16.4. The van der Waals surface area contributed by atoms with Crippen molar-refractivity contribution >= 4 is 30.0 Å². The molecule has 0 unspecified atom stereocenters. The summed E-state index contributed by atoms with van der Waals surface area (Å²) in [5.74, 6) is 0.780. The van der Waals surface area contributed by atoms with E-state index in [2.05, 4.69) is 25.1 Å². The number of anilines is 1. The molecule has 0 amide bonds. The highest BCUT2D eigenvalue weighted by atomic mass is 35.5. The fourth-order valence-corrected chi connectivity index (χ4v) is 2.01. The molecule has 7 heteroatoms. The second kappa shape index (κ2) is 7.74. The highest BCUT2D eigenvalue weighted by Crippen LogP contribution is 2.12. The molecule has 1 fully saturated rings. The summed E-state index contributed by atoms with van der Waals surface area (Å²) in [7, 11) is 1.98. The molecule has 0 spiro atoms. The van der Waals surface area contributed by atoms with Crippen LogP contribution in [0, 0.1) is 0 Å². The van der Waals surface area contributed by atoms with Crippen LogP contribution >= 0.6 is 24.0 Å². The zero-order valence-corrected chi connectivity index (χ0v) is 12.0. The molecule has 0 saturated carbocycles. The van der Waals surface area contributed by atoms with Crippen LogP contribution in [0.1, 0.15) is 0 Å². The Hall–Kier alpha value is -0.620. The van der Waals surface area contributed by atoms with Gasteiger partial charge in [-0.3, -0.25) is 4.90 Å². The topological polar surface area (TPSA) is 44.3 Å². The summed E-state index contributed by atoms with van der Waals surface area (Å²) < 4.78 is 0. The fraction of sp³-hybridized carbons (Fsp3) is 0.636. The third kappa shape index (κ3) is 4.24. The minimum atomic E-state index is 0. The predicted molar refractivity (Wildman–Crippen MR) is 76.9 cm³/mol. The molecule has 0 aliphatic carbocycles. The number of likely N-dealkylation sites (N-methyl/N-ethyl adjacent to an activating group) is 1. The van der Waals surface area contributed by atoms with Gasteiger partial charge in [-0.1, -0.05) is 11.6 Å². The largest absolute Gasteiger partial charge is 0.338 e. The standard InChI is InChI=1S/C11H18ClN5.ClH/c1-13-2-3-16-4-6-17(7-5-16)11-14-8-10(12)9-15-11;/h8-9,13H,2-7H2,1H3;1H. The summed E-state index contributed by atoms with van der Waals surface area (Å²) in [6.07, 6.45) is 3.30. The van der Waals surface area contributed by atoms with Crippen LogP contribution in [0.25, 0.3) is 0 Å². The van der Waals surface area contributed by atoms with Crippen LogP contribution in [0.2, 0.25) is 5.02 Å². The number of rotatable bonds is 4. The number of piperazine rings is 1. The molecule has 1 saturated heterocycles. The molecular formula is C11H19Cl2N5. The van der Waals surface area contributed by atoms with E-state index in [9.17, 15) is 0 Å². The molecule has 0 radical (unpaired) electrons. The molecule has 1 aliphatic heterocycles. The van der Waals surface area contributed by atoms with Gasteiger partial charge in [0.1, 0.15) is 0 Å². The van der Waals surface area contributed by atoms with E-state index in [1.807, 2.05) is 7.05 Å². The first-order valence-corrected chi connectivity index (χ1v) is 6.27. The molecular weight excluding hydrogens is 273 g/mol. The van der Waals surface area contributed by atoms with Gasteiger partial charge in [-0.2, -0.15) is 0 Å². The van der Waals surface area contributed by atoms with Gasteiger partial charge in [0.15, 0.2) is 0 Å². The van der Waals surface area contributed by atoms with Gasteiger partial charge in [-0.15, -0.1) is 12.4 Å². The first-order valence-electron chi connectivity index (χ1n) is 5.89. The minimum Gasteiger partial charge on any atom is -0.338 e. The van der Waals surface area contributed by atoms with E-state index in [4.69, 9.17) is 11.6 Å². The van der Waals surface area contributed by atoms with Gasteiger partial charge < -0.3 is 10.2 Å². The predicted octanol–water partition coefficient (Wildman–Crippen LogP) is 0.893. The number of hydrogen-bond donors (Lipinski definition) is 1. The van der Waals surface area contributed by atoms with Crippen molar-refractivity contribution in [2.45, 2.75) is 0 Å². The Balaban J connectivity index is 0.00000162. The second-order valence-corrected chi connectivity index (χ2v) is 4.57. The van der Waals surface area contributed by atoms with Crippen LogP contribution in [-0.2, 0) is 0 Å². The smallest absolute Gasteiger partial charge is 0.225 e. The summed E-state index contributed by atoms with van der Waals surface area (Å²) in [6, 6.07) is 0. The Morgan fingerprint density at radius 2 is 1.83 bits per heavy atom. The first-order chi connectivity index (χ1) is 8.29. The lowest BCUT2D eigenvalue weighted by atomic mass is 10.3. The van der Waals surface area contributed by atoms with E-state index in [0.29, 0.717) is 5.02 Å². The highest BCUT2D eigenvalue weighted by Gasteiger charge is 2.18. The van der Waals surface area contributed by atoms with Crippen molar-refractivity contribution in [2.75, 3.05) is 51.2 Å². The Bertz CT molecular complexity index is 338. The molecule has 18 heavy (non-hydrogen) atoms. The maximum atomic E-state index is 5.77. The van der Waals surface area contributed by atoms with Crippen LogP contribution < -0.4 is 10.2 Å². The van der Waals surface area contributed by atoms with Crippen LogP contribution in [-0.4, -0.2) is 61.2 Å². The van der Waals surface area contributed by atoms with Crippen LogP contribution in [0.5, 0.6) is 0 Å². The summed E-state index contributed by atoms with van der Waals surface area (Å²) >= 11 is 5.77. The van der Waals surface area contributed by atoms with Crippen LogP contribution in [0.3, 0.4) is 0 Å². The van der Waals surface area contributed by atoms with E-state index in [1.165, 1.54) is 0 Å². The molecule has 1 aromatic heterocycles. The number of nitrogens with one attached hydrogen (secondary N) is 1. The van der Waals surface area contributed by atoms with Crippen molar-refractivity contribution in [3.05, 3.63) is 17.4 Å². The monoisotopic (exact) mass is 291 g/mol. The molecule has 1 aliphatic rings. The summed E-state index contributed by atoms with van der Waals surface area (Å²) in [6.45, 7) is 6.22. The van der Waals surface area contributed by atoms with Crippen molar-refractivity contribution in [3.8, 4) is 0 Å². The lowest BCUT2D eigenvalue weighted by Gasteiger charge is -2.34. The molecule has 5 nitrogen and oxygen atoms in total. The number of halogens is 2.